The molecule has 0 spiro atoms. The topological polar surface area (TPSA) is 0 Å². The third-order valence-corrected chi connectivity index (χ3v) is 9.31. The van der Waals surface area contributed by atoms with Crippen molar-refractivity contribution in [1.82, 2.24) is 0 Å². The summed E-state index contributed by atoms with van der Waals surface area (Å²) >= 11 is 0. The maximum atomic E-state index is 2.57. The van der Waals surface area contributed by atoms with Crippen molar-refractivity contribution in [2.24, 2.45) is 5.92 Å². The molecule has 0 saturated heterocycles. The van der Waals surface area contributed by atoms with Gasteiger partial charge in [0.05, 0.1) is 8.07 Å². The summed E-state index contributed by atoms with van der Waals surface area (Å²) in [6.45, 7) is 7.33. The summed E-state index contributed by atoms with van der Waals surface area (Å²) in [5.74, 6) is 0.913. The van der Waals surface area contributed by atoms with Crippen molar-refractivity contribution in [1.29, 1.82) is 0 Å². The van der Waals surface area contributed by atoms with Crippen molar-refractivity contribution in [2.45, 2.75) is 64.1 Å². The Morgan fingerprint density at radius 1 is 1.00 bits per heavy atom. The van der Waals surface area contributed by atoms with E-state index >= 15 is 0 Å². The molecule has 0 radical (unpaired) electrons. The van der Waals surface area contributed by atoms with Gasteiger partial charge in [-0.2, -0.15) is 0 Å². The number of hydrogen-bond donors (Lipinski definition) is 0. The van der Waals surface area contributed by atoms with Crippen LogP contribution >= 0.6 is 0 Å². The summed E-state index contributed by atoms with van der Waals surface area (Å²) in [5, 5.41) is 1.62. The Morgan fingerprint density at radius 3 is 2.15 bits per heavy atom. The lowest BCUT2D eigenvalue weighted by atomic mass is 9.96. The van der Waals surface area contributed by atoms with Crippen molar-refractivity contribution in [3.05, 3.63) is 42.5 Å². The van der Waals surface area contributed by atoms with E-state index < -0.39 is 8.07 Å². The van der Waals surface area contributed by atoms with Gasteiger partial charge >= 0.3 is 0 Å². The van der Waals surface area contributed by atoms with Gasteiger partial charge in [0.1, 0.15) is 0 Å². The van der Waals surface area contributed by atoms with Crippen LogP contribution < -0.4 is 5.19 Å². The molecule has 1 atom stereocenters. The minimum Gasteiger partial charge on any atom is -0.0917 e. The standard InChI is InChI=1S/C19H30Si/c1-4-12-19(17-13-8-5-6-9-14-17)20(2,3)18-15-10-7-11-16-18/h4,7,10-12,15-17,19H,5-6,8-9,13-14H2,1-3H3/b12-4+/t19-/m0/s1. The first kappa shape index (κ1) is 15.6. The SMILES string of the molecule is C/C=C/[C@@H](C1CCCCCC1)[Si](C)(C)c1ccccc1. The van der Waals surface area contributed by atoms with E-state index in [9.17, 15) is 0 Å². The van der Waals surface area contributed by atoms with Crippen LogP contribution in [0.25, 0.3) is 0 Å². The summed E-state index contributed by atoms with van der Waals surface area (Å²) in [6, 6.07) is 11.3. The smallest absolute Gasteiger partial charge is 0.0876 e. The quantitative estimate of drug-likeness (QED) is 0.388. The molecule has 1 heteroatoms. The predicted molar refractivity (Wildman–Crippen MR) is 93.3 cm³/mol. The van der Waals surface area contributed by atoms with Crippen molar-refractivity contribution >= 4 is 13.3 Å². The zero-order valence-electron chi connectivity index (χ0n) is 13.4. The molecule has 0 heterocycles. The van der Waals surface area contributed by atoms with Gasteiger partial charge in [-0.25, -0.2) is 0 Å². The minimum absolute atomic E-state index is 0.799. The van der Waals surface area contributed by atoms with Crippen LogP contribution in [-0.4, -0.2) is 8.07 Å². The lowest BCUT2D eigenvalue weighted by Gasteiger charge is -2.37. The molecule has 2 rings (SSSR count). The van der Waals surface area contributed by atoms with E-state index in [1.165, 1.54) is 38.5 Å². The average Bonchev–Trinajstić information content (AvgIpc) is 2.74. The third-order valence-electron chi connectivity index (χ3n) is 5.16. The Kier molecular flexibility index (Phi) is 5.65. The maximum absolute atomic E-state index is 2.57. The molecule has 0 bridgehead atoms. The molecule has 1 aromatic rings. The number of allylic oxidation sites excluding steroid dienone is 2. The molecule has 110 valence electrons. The molecule has 1 aromatic carbocycles. The van der Waals surface area contributed by atoms with Gasteiger partial charge in [-0.15, -0.1) is 0 Å². The van der Waals surface area contributed by atoms with Crippen LogP contribution in [0.15, 0.2) is 42.5 Å². The van der Waals surface area contributed by atoms with Gasteiger partial charge in [-0.3, -0.25) is 0 Å². The first-order valence-electron chi connectivity index (χ1n) is 8.34. The highest BCUT2D eigenvalue weighted by atomic mass is 28.3. The van der Waals surface area contributed by atoms with E-state index in [2.05, 4.69) is 62.5 Å². The highest BCUT2D eigenvalue weighted by Gasteiger charge is 2.36. The van der Waals surface area contributed by atoms with E-state index in [1.54, 1.807) is 5.19 Å². The van der Waals surface area contributed by atoms with Gasteiger partial charge < -0.3 is 0 Å². The zero-order valence-corrected chi connectivity index (χ0v) is 14.4. The highest BCUT2D eigenvalue weighted by molar-refractivity contribution is 6.91. The Bertz CT molecular complexity index is 411. The van der Waals surface area contributed by atoms with Crippen LogP contribution in [0.3, 0.4) is 0 Å². The zero-order chi connectivity index (χ0) is 14.4. The molecule has 0 nitrogen and oxygen atoms in total. The Morgan fingerprint density at radius 2 is 1.60 bits per heavy atom. The Hall–Kier alpha value is -0.823. The molecule has 0 N–H and O–H groups in total. The van der Waals surface area contributed by atoms with E-state index in [-0.39, 0.29) is 0 Å². The molecule has 0 aliphatic heterocycles. The first-order valence-corrected chi connectivity index (χ1v) is 11.4. The van der Waals surface area contributed by atoms with Crippen LogP contribution in [0.5, 0.6) is 0 Å². The Labute approximate surface area is 126 Å². The molecule has 20 heavy (non-hydrogen) atoms. The first-order chi connectivity index (χ1) is 9.66. The van der Waals surface area contributed by atoms with E-state index in [1.807, 2.05) is 0 Å². The van der Waals surface area contributed by atoms with Crippen LogP contribution in [0.2, 0.25) is 18.6 Å². The van der Waals surface area contributed by atoms with Gasteiger partial charge in [0, 0.05) is 0 Å². The van der Waals surface area contributed by atoms with Crippen LogP contribution in [0.1, 0.15) is 45.4 Å². The fourth-order valence-electron chi connectivity index (χ4n) is 3.92. The third kappa shape index (κ3) is 3.63. The molecule has 0 amide bonds. The second kappa shape index (κ2) is 7.26. The van der Waals surface area contributed by atoms with Gasteiger partial charge in [0.25, 0.3) is 0 Å². The molecular formula is C19H30Si. The monoisotopic (exact) mass is 286 g/mol. The number of hydrogen-bond acceptors (Lipinski definition) is 0. The van der Waals surface area contributed by atoms with E-state index in [4.69, 9.17) is 0 Å². The second-order valence-corrected chi connectivity index (χ2v) is 11.6. The van der Waals surface area contributed by atoms with Gasteiger partial charge in [0.15, 0.2) is 0 Å². The fourth-order valence-corrected chi connectivity index (χ4v) is 7.55. The lowest BCUT2D eigenvalue weighted by molar-refractivity contribution is 0.458. The van der Waals surface area contributed by atoms with E-state index in [0.717, 1.165) is 11.5 Å². The van der Waals surface area contributed by atoms with Crippen molar-refractivity contribution < 1.29 is 0 Å². The molecule has 1 aliphatic carbocycles. The second-order valence-electron chi connectivity index (χ2n) is 6.89. The lowest BCUT2D eigenvalue weighted by Crippen LogP contribution is -2.47. The Balaban J connectivity index is 2.26. The number of benzene rings is 1. The van der Waals surface area contributed by atoms with Gasteiger partial charge in [-0.1, -0.05) is 99.3 Å². The molecule has 1 saturated carbocycles. The number of rotatable bonds is 4. The fraction of sp³-hybridized carbons (Fsp3) is 0.579. The minimum atomic E-state index is -1.43. The van der Waals surface area contributed by atoms with Gasteiger partial charge in [-0.05, 0) is 18.4 Å². The van der Waals surface area contributed by atoms with Crippen LogP contribution in [0.4, 0.5) is 0 Å². The molecule has 1 aliphatic rings. The van der Waals surface area contributed by atoms with E-state index in [0.29, 0.717) is 0 Å². The summed E-state index contributed by atoms with van der Waals surface area (Å²) in [4.78, 5) is 0. The predicted octanol–water partition coefficient (Wildman–Crippen LogP) is 5.52. The van der Waals surface area contributed by atoms with Crippen molar-refractivity contribution in [2.75, 3.05) is 0 Å². The average molecular weight is 287 g/mol. The van der Waals surface area contributed by atoms with Crippen molar-refractivity contribution in [3.63, 3.8) is 0 Å². The van der Waals surface area contributed by atoms with Gasteiger partial charge in [0.2, 0.25) is 0 Å². The normalized spacial score (nSPS) is 19.9. The maximum Gasteiger partial charge on any atom is 0.0876 e. The van der Waals surface area contributed by atoms with Crippen molar-refractivity contribution in [3.8, 4) is 0 Å². The molecule has 0 unspecified atom stereocenters. The highest BCUT2D eigenvalue weighted by Crippen LogP contribution is 2.39. The summed E-state index contributed by atoms with van der Waals surface area (Å²) in [5.41, 5.74) is 0.799. The molecule has 1 fully saturated rings. The summed E-state index contributed by atoms with van der Waals surface area (Å²) in [7, 11) is -1.43. The summed E-state index contributed by atoms with van der Waals surface area (Å²) < 4.78 is 0. The van der Waals surface area contributed by atoms with Crippen LogP contribution in [-0.2, 0) is 0 Å². The van der Waals surface area contributed by atoms with Crippen LogP contribution in [0, 0.1) is 5.92 Å². The summed E-state index contributed by atoms with van der Waals surface area (Å²) in [6.07, 6.45) is 13.5. The molecule has 0 aromatic heterocycles. The largest absolute Gasteiger partial charge is 0.0917 e. The molecular weight excluding hydrogens is 256 g/mol.